The second-order valence-corrected chi connectivity index (χ2v) is 9.31. The van der Waals surface area contributed by atoms with Crippen LogP contribution in [0.15, 0.2) is 46.9 Å². The van der Waals surface area contributed by atoms with E-state index in [1.54, 1.807) is 13.2 Å². The Morgan fingerprint density at radius 3 is 2.39 bits per heavy atom. The van der Waals surface area contributed by atoms with Gasteiger partial charge in [0, 0.05) is 42.3 Å². The van der Waals surface area contributed by atoms with Crippen molar-refractivity contribution in [2.45, 2.75) is 37.9 Å². The SMILES string of the molecule is COc1cc(Br)cc([C@H](c2ccccc2)N2CCN([C@@H](C)C(=O)NC3CC3)CC2)c1O. The summed E-state index contributed by atoms with van der Waals surface area (Å²) in [5.74, 6) is 0.749. The summed E-state index contributed by atoms with van der Waals surface area (Å²) in [6, 6.07) is 14.1. The Morgan fingerprint density at radius 1 is 1.13 bits per heavy atom. The fourth-order valence-corrected chi connectivity index (χ4v) is 4.73. The first-order valence-corrected chi connectivity index (χ1v) is 11.7. The summed E-state index contributed by atoms with van der Waals surface area (Å²) >= 11 is 3.56. The lowest BCUT2D eigenvalue weighted by atomic mass is 9.95. The van der Waals surface area contributed by atoms with Crippen LogP contribution in [0.25, 0.3) is 0 Å². The van der Waals surface area contributed by atoms with Gasteiger partial charge in [-0.3, -0.25) is 14.6 Å². The van der Waals surface area contributed by atoms with Crippen LogP contribution in [0.4, 0.5) is 0 Å². The molecule has 1 saturated heterocycles. The van der Waals surface area contributed by atoms with Gasteiger partial charge in [-0.25, -0.2) is 0 Å². The fourth-order valence-electron chi connectivity index (χ4n) is 4.28. The van der Waals surface area contributed by atoms with Crippen molar-refractivity contribution < 1.29 is 14.6 Å². The van der Waals surface area contributed by atoms with E-state index in [0.717, 1.165) is 54.6 Å². The van der Waals surface area contributed by atoms with E-state index in [2.05, 4.69) is 43.2 Å². The summed E-state index contributed by atoms with van der Waals surface area (Å²) in [5.41, 5.74) is 1.93. The smallest absolute Gasteiger partial charge is 0.237 e. The molecule has 7 heteroatoms. The molecule has 0 unspecified atom stereocenters. The summed E-state index contributed by atoms with van der Waals surface area (Å²) in [4.78, 5) is 17.1. The summed E-state index contributed by atoms with van der Waals surface area (Å²) in [6.07, 6.45) is 2.20. The predicted molar refractivity (Wildman–Crippen MR) is 124 cm³/mol. The lowest BCUT2D eigenvalue weighted by Gasteiger charge is -2.41. The average Bonchev–Trinajstić information content (AvgIpc) is 3.60. The number of amides is 1. The van der Waals surface area contributed by atoms with Crippen molar-refractivity contribution in [1.82, 2.24) is 15.1 Å². The van der Waals surface area contributed by atoms with E-state index in [1.165, 1.54) is 0 Å². The Hall–Kier alpha value is -2.09. The van der Waals surface area contributed by atoms with Crippen LogP contribution in [0.1, 0.15) is 36.9 Å². The van der Waals surface area contributed by atoms with Gasteiger partial charge < -0.3 is 15.2 Å². The first-order chi connectivity index (χ1) is 15.0. The van der Waals surface area contributed by atoms with Crippen LogP contribution < -0.4 is 10.1 Å². The molecule has 2 atom stereocenters. The monoisotopic (exact) mass is 487 g/mol. The highest BCUT2D eigenvalue weighted by Gasteiger charge is 2.33. The molecule has 1 heterocycles. The molecule has 2 fully saturated rings. The summed E-state index contributed by atoms with van der Waals surface area (Å²) in [5, 5.41) is 14.1. The molecule has 6 nitrogen and oxygen atoms in total. The van der Waals surface area contributed by atoms with Crippen molar-refractivity contribution in [2.24, 2.45) is 0 Å². The minimum absolute atomic E-state index is 0.106. The first-order valence-electron chi connectivity index (χ1n) is 10.9. The van der Waals surface area contributed by atoms with Crippen molar-refractivity contribution >= 4 is 21.8 Å². The van der Waals surface area contributed by atoms with Gasteiger partial charge in [-0.1, -0.05) is 46.3 Å². The Bertz CT molecular complexity index is 912. The van der Waals surface area contributed by atoms with Gasteiger partial charge >= 0.3 is 0 Å². The summed E-state index contributed by atoms with van der Waals surface area (Å²) in [7, 11) is 1.57. The number of hydrogen-bond acceptors (Lipinski definition) is 5. The van der Waals surface area contributed by atoms with Crippen molar-refractivity contribution in [3.05, 3.63) is 58.1 Å². The quantitative estimate of drug-likeness (QED) is 0.625. The van der Waals surface area contributed by atoms with Crippen molar-refractivity contribution in [3.8, 4) is 11.5 Å². The number of carbonyl (C=O) groups excluding carboxylic acids is 1. The van der Waals surface area contributed by atoms with Crippen LogP contribution in [-0.2, 0) is 4.79 Å². The zero-order valence-corrected chi connectivity index (χ0v) is 19.6. The zero-order chi connectivity index (χ0) is 22.0. The molecule has 0 spiro atoms. The van der Waals surface area contributed by atoms with E-state index >= 15 is 0 Å². The van der Waals surface area contributed by atoms with E-state index in [1.807, 2.05) is 31.2 Å². The van der Waals surface area contributed by atoms with Gasteiger partial charge in [-0.2, -0.15) is 0 Å². The topological polar surface area (TPSA) is 65.0 Å². The number of nitrogens with zero attached hydrogens (tertiary/aromatic N) is 2. The number of rotatable bonds is 7. The van der Waals surface area contributed by atoms with E-state index < -0.39 is 0 Å². The number of ether oxygens (including phenoxy) is 1. The Kier molecular flexibility index (Phi) is 6.84. The molecule has 2 aromatic carbocycles. The van der Waals surface area contributed by atoms with Crippen LogP contribution in [0.5, 0.6) is 11.5 Å². The highest BCUT2D eigenvalue weighted by molar-refractivity contribution is 9.10. The lowest BCUT2D eigenvalue weighted by Crippen LogP contribution is -2.54. The molecule has 1 aliphatic carbocycles. The number of benzene rings is 2. The maximum Gasteiger partial charge on any atom is 0.237 e. The van der Waals surface area contributed by atoms with E-state index in [4.69, 9.17) is 4.74 Å². The second kappa shape index (κ2) is 9.59. The Morgan fingerprint density at radius 2 is 1.77 bits per heavy atom. The molecular formula is C24H30BrN3O3. The van der Waals surface area contributed by atoms with Crippen LogP contribution >= 0.6 is 15.9 Å². The first kappa shape index (κ1) is 22.1. The molecule has 4 rings (SSSR count). The highest BCUT2D eigenvalue weighted by atomic mass is 79.9. The molecule has 1 aliphatic heterocycles. The molecule has 0 aromatic heterocycles. The third-order valence-corrected chi connectivity index (χ3v) is 6.72. The summed E-state index contributed by atoms with van der Waals surface area (Å²) in [6.45, 7) is 5.19. The zero-order valence-electron chi connectivity index (χ0n) is 18.1. The van der Waals surface area contributed by atoms with Gasteiger partial charge in [-0.05, 0) is 37.5 Å². The molecule has 1 saturated carbocycles. The lowest BCUT2D eigenvalue weighted by molar-refractivity contribution is -0.126. The molecule has 2 N–H and O–H groups in total. The highest BCUT2D eigenvalue weighted by Crippen LogP contribution is 2.42. The number of halogens is 1. The molecule has 166 valence electrons. The number of aromatic hydroxyl groups is 1. The molecule has 2 aromatic rings. The van der Waals surface area contributed by atoms with Gasteiger partial charge in [-0.15, -0.1) is 0 Å². The van der Waals surface area contributed by atoms with E-state index in [0.29, 0.717) is 11.8 Å². The second-order valence-electron chi connectivity index (χ2n) is 8.39. The van der Waals surface area contributed by atoms with Crippen LogP contribution in [0.3, 0.4) is 0 Å². The molecule has 0 radical (unpaired) electrons. The normalized spacial score (nSPS) is 19.6. The number of carbonyl (C=O) groups is 1. The van der Waals surface area contributed by atoms with Crippen LogP contribution in [-0.4, -0.2) is 66.2 Å². The average molecular weight is 488 g/mol. The number of phenols is 1. The predicted octanol–water partition coefficient (Wildman–Crippen LogP) is 3.54. The number of hydrogen-bond donors (Lipinski definition) is 2. The molecular weight excluding hydrogens is 458 g/mol. The third kappa shape index (κ3) is 5.05. The molecule has 2 aliphatic rings. The maximum atomic E-state index is 12.5. The van der Waals surface area contributed by atoms with Gasteiger partial charge in [0.15, 0.2) is 11.5 Å². The van der Waals surface area contributed by atoms with E-state index in [-0.39, 0.29) is 23.7 Å². The van der Waals surface area contributed by atoms with Crippen LogP contribution in [0.2, 0.25) is 0 Å². The molecule has 1 amide bonds. The van der Waals surface area contributed by atoms with Crippen molar-refractivity contribution in [3.63, 3.8) is 0 Å². The van der Waals surface area contributed by atoms with Gasteiger partial charge in [0.1, 0.15) is 0 Å². The fraction of sp³-hybridized carbons (Fsp3) is 0.458. The van der Waals surface area contributed by atoms with Gasteiger partial charge in [0.2, 0.25) is 5.91 Å². The van der Waals surface area contributed by atoms with Crippen LogP contribution in [0, 0.1) is 0 Å². The number of nitrogens with one attached hydrogen (secondary N) is 1. The minimum atomic E-state index is -0.128. The van der Waals surface area contributed by atoms with E-state index in [9.17, 15) is 9.90 Å². The Balaban J connectivity index is 1.55. The number of methoxy groups -OCH3 is 1. The third-order valence-electron chi connectivity index (χ3n) is 6.26. The van der Waals surface area contributed by atoms with Crippen molar-refractivity contribution in [1.29, 1.82) is 0 Å². The number of piperazine rings is 1. The van der Waals surface area contributed by atoms with Crippen molar-refractivity contribution in [2.75, 3.05) is 33.3 Å². The van der Waals surface area contributed by atoms with Gasteiger partial charge in [0.05, 0.1) is 19.2 Å². The minimum Gasteiger partial charge on any atom is -0.504 e. The molecule has 0 bridgehead atoms. The summed E-state index contributed by atoms with van der Waals surface area (Å²) < 4.78 is 6.26. The standard InChI is InChI=1S/C24H30BrN3O3/c1-16(24(30)26-19-8-9-19)27-10-12-28(13-11-27)22(17-6-4-3-5-7-17)20-14-18(25)15-21(31-2)23(20)29/h3-7,14-16,19,22,29H,8-13H2,1-2H3,(H,26,30)/t16-,22-/m0/s1. The molecule has 31 heavy (non-hydrogen) atoms. The Labute approximate surface area is 192 Å². The largest absolute Gasteiger partial charge is 0.504 e. The van der Waals surface area contributed by atoms with Gasteiger partial charge in [0.25, 0.3) is 0 Å². The maximum absolute atomic E-state index is 12.5. The number of phenolic OH excluding ortho intramolecular Hbond substituents is 1.